The number of anilines is 1. The Balaban J connectivity index is 1.31. The number of methoxy groups -OCH3 is 2. The van der Waals surface area contributed by atoms with Crippen molar-refractivity contribution in [2.24, 2.45) is 0 Å². The van der Waals surface area contributed by atoms with Crippen LogP contribution in [0.3, 0.4) is 0 Å². The van der Waals surface area contributed by atoms with Gasteiger partial charge in [-0.15, -0.1) is 11.3 Å². The summed E-state index contributed by atoms with van der Waals surface area (Å²) in [5.74, 6) is 1.44. The number of nitrogens with zero attached hydrogens (tertiary/aromatic N) is 3. The molecule has 0 aliphatic carbocycles. The first kappa shape index (κ1) is 22.4. The van der Waals surface area contributed by atoms with Crippen LogP contribution in [0.2, 0.25) is 0 Å². The van der Waals surface area contributed by atoms with Crippen LogP contribution in [0.1, 0.15) is 17.2 Å². The third kappa shape index (κ3) is 4.65. The van der Waals surface area contributed by atoms with Gasteiger partial charge in [-0.3, -0.25) is 4.90 Å². The SMILES string of the molecule is COc1ccc(-c2csc(N3CCN(C(c4ccccc4)c4ccccc4)CC3)n2)cc1OC. The van der Waals surface area contributed by atoms with E-state index in [0.717, 1.165) is 54.1 Å². The van der Waals surface area contributed by atoms with Crippen molar-refractivity contribution in [2.45, 2.75) is 6.04 Å². The molecule has 1 aromatic heterocycles. The van der Waals surface area contributed by atoms with E-state index in [-0.39, 0.29) is 6.04 Å². The van der Waals surface area contributed by atoms with Crippen molar-refractivity contribution in [3.8, 4) is 22.8 Å². The molecule has 0 unspecified atom stereocenters. The minimum Gasteiger partial charge on any atom is -0.493 e. The number of hydrogen-bond acceptors (Lipinski definition) is 6. The average molecular weight is 472 g/mol. The summed E-state index contributed by atoms with van der Waals surface area (Å²) in [5, 5.41) is 3.19. The smallest absolute Gasteiger partial charge is 0.185 e. The zero-order chi connectivity index (χ0) is 23.3. The Morgan fingerprint density at radius 2 is 1.38 bits per heavy atom. The van der Waals surface area contributed by atoms with Crippen molar-refractivity contribution >= 4 is 16.5 Å². The van der Waals surface area contributed by atoms with E-state index >= 15 is 0 Å². The zero-order valence-corrected chi connectivity index (χ0v) is 20.4. The van der Waals surface area contributed by atoms with Crippen LogP contribution in [-0.2, 0) is 0 Å². The van der Waals surface area contributed by atoms with Gasteiger partial charge >= 0.3 is 0 Å². The van der Waals surface area contributed by atoms with Crippen LogP contribution >= 0.6 is 11.3 Å². The van der Waals surface area contributed by atoms with Crippen molar-refractivity contribution < 1.29 is 9.47 Å². The van der Waals surface area contributed by atoms with Gasteiger partial charge in [-0.25, -0.2) is 4.98 Å². The van der Waals surface area contributed by atoms with Crippen LogP contribution in [0, 0.1) is 0 Å². The molecule has 0 bridgehead atoms. The normalized spacial score (nSPS) is 14.4. The monoisotopic (exact) mass is 471 g/mol. The summed E-state index contributed by atoms with van der Waals surface area (Å²) in [6, 6.07) is 27.9. The molecule has 174 valence electrons. The molecule has 2 heterocycles. The lowest BCUT2D eigenvalue weighted by atomic mass is 9.96. The van der Waals surface area contributed by atoms with E-state index in [2.05, 4.69) is 75.8 Å². The second-order valence-corrected chi connectivity index (χ2v) is 9.17. The summed E-state index contributed by atoms with van der Waals surface area (Å²) in [5.41, 5.74) is 4.68. The second kappa shape index (κ2) is 10.3. The van der Waals surface area contributed by atoms with Gasteiger partial charge in [0.2, 0.25) is 0 Å². The predicted molar refractivity (Wildman–Crippen MR) is 139 cm³/mol. The lowest BCUT2D eigenvalue weighted by molar-refractivity contribution is 0.212. The highest BCUT2D eigenvalue weighted by molar-refractivity contribution is 7.14. The molecule has 1 aliphatic heterocycles. The van der Waals surface area contributed by atoms with Crippen LogP contribution in [0.4, 0.5) is 5.13 Å². The molecular formula is C28H29N3O2S. The second-order valence-electron chi connectivity index (χ2n) is 8.33. The van der Waals surface area contributed by atoms with E-state index in [4.69, 9.17) is 14.5 Å². The maximum atomic E-state index is 5.46. The van der Waals surface area contributed by atoms with Crippen LogP contribution in [0.25, 0.3) is 11.3 Å². The molecule has 0 amide bonds. The van der Waals surface area contributed by atoms with Crippen molar-refractivity contribution in [3.63, 3.8) is 0 Å². The molecule has 0 N–H and O–H groups in total. The largest absolute Gasteiger partial charge is 0.493 e. The standard InChI is InChI=1S/C28H29N3O2S/c1-32-25-14-13-23(19-26(25)33-2)24-20-34-28(29-24)31-17-15-30(16-18-31)27(21-9-5-3-6-10-21)22-11-7-4-8-12-22/h3-14,19-20,27H,15-18H2,1-2H3. The maximum Gasteiger partial charge on any atom is 0.185 e. The third-order valence-corrected chi connectivity index (χ3v) is 7.25. The summed E-state index contributed by atoms with van der Waals surface area (Å²) in [6.45, 7) is 3.88. The molecule has 6 heteroatoms. The summed E-state index contributed by atoms with van der Waals surface area (Å²) in [6.07, 6.45) is 0. The van der Waals surface area contributed by atoms with E-state index < -0.39 is 0 Å². The van der Waals surface area contributed by atoms with E-state index in [0.29, 0.717) is 0 Å². The number of benzene rings is 3. The Morgan fingerprint density at radius 3 is 1.97 bits per heavy atom. The number of hydrogen-bond donors (Lipinski definition) is 0. The van der Waals surface area contributed by atoms with Gasteiger partial charge in [0.1, 0.15) is 0 Å². The van der Waals surface area contributed by atoms with Crippen LogP contribution < -0.4 is 14.4 Å². The Hall–Kier alpha value is -3.35. The fourth-order valence-corrected chi connectivity index (χ4v) is 5.48. The Morgan fingerprint density at radius 1 is 0.765 bits per heavy atom. The van der Waals surface area contributed by atoms with Crippen molar-refractivity contribution in [3.05, 3.63) is 95.4 Å². The quantitative estimate of drug-likeness (QED) is 0.344. The van der Waals surface area contributed by atoms with Crippen LogP contribution in [0.5, 0.6) is 11.5 Å². The predicted octanol–water partition coefficient (Wildman–Crippen LogP) is 5.74. The van der Waals surface area contributed by atoms with E-state index in [1.54, 1.807) is 25.6 Å². The third-order valence-electron chi connectivity index (χ3n) is 6.35. The van der Waals surface area contributed by atoms with Crippen molar-refractivity contribution in [1.82, 2.24) is 9.88 Å². The molecule has 1 saturated heterocycles. The first-order valence-electron chi connectivity index (χ1n) is 11.5. The van der Waals surface area contributed by atoms with Gasteiger partial charge in [0.05, 0.1) is 26.0 Å². The molecule has 0 saturated carbocycles. The van der Waals surface area contributed by atoms with Crippen LogP contribution in [0.15, 0.2) is 84.2 Å². The number of rotatable bonds is 7. The lowest BCUT2D eigenvalue weighted by Crippen LogP contribution is -2.48. The van der Waals surface area contributed by atoms with Crippen molar-refractivity contribution in [1.29, 1.82) is 0 Å². The number of piperazine rings is 1. The average Bonchev–Trinajstić information content (AvgIpc) is 3.40. The molecule has 1 aliphatic rings. The maximum absolute atomic E-state index is 5.46. The van der Waals surface area contributed by atoms with Gasteiger partial charge in [-0.2, -0.15) is 0 Å². The first-order chi connectivity index (χ1) is 16.8. The highest BCUT2D eigenvalue weighted by Crippen LogP contribution is 2.35. The summed E-state index contributed by atoms with van der Waals surface area (Å²) in [4.78, 5) is 9.94. The highest BCUT2D eigenvalue weighted by Gasteiger charge is 2.27. The topological polar surface area (TPSA) is 37.8 Å². The molecule has 0 radical (unpaired) electrons. The zero-order valence-electron chi connectivity index (χ0n) is 19.6. The molecule has 0 spiro atoms. The molecule has 1 fully saturated rings. The summed E-state index contributed by atoms with van der Waals surface area (Å²) in [7, 11) is 3.31. The molecular weight excluding hydrogens is 442 g/mol. The fraction of sp³-hybridized carbons (Fsp3) is 0.250. The first-order valence-corrected chi connectivity index (χ1v) is 12.4. The van der Waals surface area contributed by atoms with Gasteiger partial charge in [0.15, 0.2) is 16.6 Å². The van der Waals surface area contributed by atoms with E-state index in [1.165, 1.54) is 11.1 Å². The molecule has 5 nitrogen and oxygen atoms in total. The Bertz CT molecular complexity index is 1170. The summed E-state index contributed by atoms with van der Waals surface area (Å²) < 4.78 is 10.8. The number of thiazole rings is 1. The van der Waals surface area contributed by atoms with Gasteiger partial charge in [-0.1, -0.05) is 60.7 Å². The lowest BCUT2D eigenvalue weighted by Gasteiger charge is -2.39. The van der Waals surface area contributed by atoms with Crippen LogP contribution in [-0.4, -0.2) is 50.3 Å². The number of aromatic nitrogens is 1. The van der Waals surface area contributed by atoms with Crippen molar-refractivity contribution in [2.75, 3.05) is 45.3 Å². The number of ether oxygens (including phenoxy) is 2. The van der Waals surface area contributed by atoms with Gasteiger partial charge in [0, 0.05) is 37.1 Å². The van der Waals surface area contributed by atoms with E-state index in [1.807, 2.05) is 18.2 Å². The van der Waals surface area contributed by atoms with Gasteiger partial charge < -0.3 is 14.4 Å². The molecule has 3 aromatic carbocycles. The minimum atomic E-state index is 0.267. The fourth-order valence-electron chi connectivity index (χ4n) is 4.59. The molecule has 4 aromatic rings. The van der Waals surface area contributed by atoms with E-state index in [9.17, 15) is 0 Å². The molecule has 0 atom stereocenters. The highest BCUT2D eigenvalue weighted by atomic mass is 32.1. The minimum absolute atomic E-state index is 0.267. The Kier molecular flexibility index (Phi) is 6.79. The molecule has 5 rings (SSSR count). The molecule has 34 heavy (non-hydrogen) atoms. The summed E-state index contributed by atoms with van der Waals surface area (Å²) >= 11 is 1.70. The van der Waals surface area contributed by atoms with Gasteiger partial charge in [-0.05, 0) is 29.3 Å². The Labute approximate surface area is 205 Å². The van der Waals surface area contributed by atoms with Gasteiger partial charge in [0.25, 0.3) is 0 Å².